The molecule has 2 aromatic rings. The monoisotopic (exact) mass is 329 g/mol. The van der Waals surface area contributed by atoms with Crippen LogP contribution in [0.25, 0.3) is 11.4 Å². The first kappa shape index (κ1) is 16.3. The van der Waals surface area contributed by atoms with Gasteiger partial charge in [0.15, 0.2) is 0 Å². The molecule has 0 saturated carbocycles. The highest BCUT2D eigenvalue weighted by atomic mass is 35.5. The van der Waals surface area contributed by atoms with Gasteiger partial charge in [-0.15, -0.1) is 12.4 Å². The van der Waals surface area contributed by atoms with E-state index in [1.54, 1.807) is 19.1 Å². The van der Waals surface area contributed by atoms with Crippen molar-refractivity contribution >= 4 is 24.2 Å². The van der Waals surface area contributed by atoms with Gasteiger partial charge in [0.25, 0.3) is 0 Å². The lowest BCUT2D eigenvalue weighted by Crippen LogP contribution is -2.38. The molecule has 0 radical (unpaired) electrons. The van der Waals surface area contributed by atoms with Crippen molar-refractivity contribution in [3.8, 4) is 11.4 Å². The molecule has 0 bridgehead atoms. The highest BCUT2D eigenvalue weighted by Gasteiger charge is 2.17. The maximum absolute atomic E-state index is 13.3. The molecule has 2 heterocycles. The largest absolute Gasteiger partial charge is 0.339 e. The summed E-state index contributed by atoms with van der Waals surface area (Å²) in [4.78, 5) is 4.40. The van der Waals surface area contributed by atoms with Gasteiger partial charge in [-0.3, -0.25) is 0 Å². The van der Waals surface area contributed by atoms with Gasteiger partial charge in [0, 0.05) is 36.1 Å². The quantitative estimate of drug-likeness (QED) is 0.938. The van der Waals surface area contributed by atoms with Crippen LogP contribution in [0, 0.1) is 12.7 Å². The molecule has 1 aliphatic rings. The highest BCUT2D eigenvalue weighted by Crippen LogP contribution is 2.20. The Morgan fingerprint density at radius 1 is 1.48 bits per heavy atom. The molecule has 1 aliphatic heterocycles. The van der Waals surface area contributed by atoms with E-state index < -0.39 is 0 Å². The molecule has 7 heteroatoms. The van der Waals surface area contributed by atoms with Crippen LogP contribution in [0.3, 0.4) is 0 Å². The second-order valence-electron chi connectivity index (χ2n) is 4.91. The first-order valence-corrected chi connectivity index (χ1v) is 7.78. The van der Waals surface area contributed by atoms with Gasteiger partial charge in [-0.2, -0.15) is 16.7 Å². The third-order valence-corrected chi connectivity index (χ3v) is 4.43. The third kappa shape index (κ3) is 3.96. The van der Waals surface area contributed by atoms with Crippen LogP contribution in [0.1, 0.15) is 11.5 Å². The predicted octanol–water partition coefficient (Wildman–Crippen LogP) is 2.85. The number of hydrogen-bond donors (Lipinski definition) is 1. The van der Waals surface area contributed by atoms with Crippen molar-refractivity contribution < 1.29 is 8.91 Å². The molecule has 0 aliphatic carbocycles. The zero-order chi connectivity index (χ0) is 13.9. The van der Waals surface area contributed by atoms with E-state index in [0.29, 0.717) is 23.3 Å². The number of thioether (sulfide) groups is 1. The third-order valence-electron chi connectivity index (χ3n) is 3.30. The van der Waals surface area contributed by atoms with E-state index in [1.807, 2.05) is 11.8 Å². The van der Waals surface area contributed by atoms with Crippen molar-refractivity contribution in [2.24, 2.45) is 0 Å². The van der Waals surface area contributed by atoms with E-state index in [0.717, 1.165) is 30.0 Å². The van der Waals surface area contributed by atoms with Crippen LogP contribution in [0.15, 0.2) is 22.7 Å². The van der Waals surface area contributed by atoms with Crippen molar-refractivity contribution in [1.82, 2.24) is 15.5 Å². The van der Waals surface area contributed by atoms with E-state index in [9.17, 15) is 4.39 Å². The molecule has 0 amide bonds. The summed E-state index contributed by atoms with van der Waals surface area (Å²) in [5.41, 5.74) is 1.36. The number of rotatable bonds is 3. The fourth-order valence-corrected chi connectivity index (χ4v) is 3.15. The van der Waals surface area contributed by atoms with Gasteiger partial charge in [-0.1, -0.05) is 5.16 Å². The fourth-order valence-electron chi connectivity index (χ4n) is 2.20. The van der Waals surface area contributed by atoms with Gasteiger partial charge in [-0.25, -0.2) is 4.39 Å². The number of nitrogens with zero attached hydrogens (tertiary/aromatic N) is 2. The smallest absolute Gasteiger partial charge is 0.228 e. The van der Waals surface area contributed by atoms with Crippen LogP contribution in [0.5, 0.6) is 0 Å². The summed E-state index contributed by atoms with van der Waals surface area (Å²) in [5, 5.41) is 7.41. The van der Waals surface area contributed by atoms with Crippen molar-refractivity contribution in [2.75, 3.05) is 18.1 Å². The maximum atomic E-state index is 13.3. The fraction of sp³-hybridized carbons (Fsp3) is 0.429. The Morgan fingerprint density at radius 3 is 3.05 bits per heavy atom. The molecule has 1 saturated heterocycles. The molecule has 114 valence electrons. The topological polar surface area (TPSA) is 51.0 Å². The molecule has 21 heavy (non-hydrogen) atoms. The van der Waals surface area contributed by atoms with Crippen LogP contribution >= 0.6 is 24.2 Å². The van der Waals surface area contributed by atoms with Crippen LogP contribution in [0.4, 0.5) is 4.39 Å². The molecule has 1 N–H and O–H groups in total. The minimum atomic E-state index is -0.221. The number of benzene rings is 1. The first-order valence-electron chi connectivity index (χ1n) is 6.62. The Bertz CT molecular complexity index is 602. The highest BCUT2D eigenvalue weighted by molar-refractivity contribution is 7.99. The maximum Gasteiger partial charge on any atom is 0.228 e. The van der Waals surface area contributed by atoms with Gasteiger partial charge in [0.1, 0.15) is 5.82 Å². The molecule has 4 nitrogen and oxygen atoms in total. The summed E-state index contributed by atoms with van der Waals surface area (Å²) in [6, 6.07) is 5.22. The number of aryl methyl sites for hydroxylation is 1. The van der Waals surface area contributed by atoms with Crippen LogP contribution < -0.4 is 5.32 Å². The standard InChI is InChI=1S/C14H16FN3OS.ClH/c1-9-6-10(2-3-12(9)15)14-17-13(19-18-14)7-11-8-20-5-4-16-11;/h2-3,6,11,16H,4-5,7-8H2,1H3;1H. The molecular weight excluding hydrogens is 313 g/mol. The zero-order valence-corrected chi connectivity index (χ0v) is 13.3. The lowest BCUT2D eigenvalue weighted by molar-refractivity contribution is 0.363. The van der Waals surface area contributed by atoms with Gasteiger partial charge in [0.2, 0.25) is 11.7 Å². The number of nitrogens with one attached hydrogen (secondary N) is 1. The van der Waals surface area contributed by atoms with Gasteiger partial charge in [0.05, 0.1) is 0 Å². The van der Waals surface area contributed by atoms with Crippen LogP contribution in [-0.4, -0.2) is 34.2 Å². The average molecular weight is 330 g/mol. The first-order chi connectivity index (χ1) is 9.72. The summed E-state index contributed by atoms with van der Waals surface area (Å²) < 4.78 is 18.5. The van der Waals surface area contributed by atoms with Crippen molar-refractivity contribution in [3.63, 3.8) is 0 Å². The molecule has 1 fully saturated rings. The molecule has 0 spiro atoms. The summed E-state index contributed by atoms with van der Waals surface area (Å²) >= 11 is 1.93. The summed E-state index contributed by atoms with van der Waals surface area (Å²) in [6.45, 7) is 2.75. The van der Waals surface area contributed by atoms with Gasteiger partial charge < -0.3 is 9.84 Å². The summed E-state index contributed by atoms with van der Waals surface area (Å²) in [6.07, 6.45) is 0.736. The molecular formula is C14H17ClFN3OS. The average Bonchev–Trinajstić information content (AvgIpc) is 2.91. The number of hydrogen-bond acceptors (Lipinski definition) is 5. The molecule has 1 unspecified atom stereocenters. The van der Waals surface area contributed by atoms with E-state index >= 15 is 0 Å². The molecule has 1 aromatic heterocycles. The van der Waals surface area contributed by atoms with E-state index in [1.165, 1.54) is 6.07 Å². The SMILES string of the molecule is Cc1cc(-c2noc(CC3CSCCN3)n2)ccc1F.Cl. The zero-order valence-electron chi connectivity index (χ0n) is 11.6. The van der Waals surface area contributed by atoms with Crippen molar-refractivity contribution in [1.29, 1.82) is 0 Å². The predicted molar refractivity (Wildman–Crippen MR) is 84.5 cm³/mol. The van der Waals surface area contributed by atoms with E-state index in [4.69, 9.17) is 4.52 Å². The lowest BCUT2D eigenvalue weighted by Gasteiger charge is -2.21. The van der Waals surface area contributed by atoms with Crippen molar-refractivity contribution in [2.45, 2.75) is 19.4 Å². The van der Waals surface area contributed by atoms with E-state index in [2.05, 4.69) is 15.5 Å². The summed E-state index contributed by atoms with van der Waals surface area (Å²) in [7, 11) is 0. The second kappa shape index (κ2) is 7.24. The van der Waals surface area contributed by atoms with Crippen LogP contribution in [-0.2, 0) is 6.42 Å². The molecule has 1 atom stereocenters. The van der Waals surface area contributed by atoms with Gasteiger partial charge >= 0.3 is 0 Å². The normalized spacial score (nSPS) is 18.3. The van der Waals surface area contributed by atoms with Crippen molar-refractivity contribution in [3.05, 3.63) is 35.5 Å². The molecule has 3 rings (SSSR count). The Kier molecular flexibility index (Phi) is 5.61. The van der Waals surface area contributed by atoms with Crippen LogP contribution in [0.2, 0.25) is 0 Å². The van der Waals surface area contributed by atoms with E-state index in [-0.39, 0.29) is 18.2 Å². The minimum Gasteiger partial charge on any atom is -0.339 e. The number of aromatic nitrogens is 2. The Morgan fingerprint density at radius 2 is 2.33 bits per heavy atom. The lowest BCUT2D eigenvalue weighted by atomic mass is 10.1. The Labute approximate surface area is 133 Å². The Balaban J connectivity index is 0.00000161. The molecule has 1 aromatic carbocycles. The second-order valence-corrected chi connectivity index (χ2v) is 6.06. The van der Waals surface area contributed by atoms with Gasteiger partial charge in [-0.05, 0) is 30.7 Å². The Hall–Kier alpha value is -1.11. The minimum absolute atomic E-state index is 0. The number of halogens is 2. The summed E-state index contributed by atoms with van der Waals surface area (Å²) in [5.74, 6) is 3.14.